The van der Waals surface area contributed by atoms with Crippen LogP contribution in [0.1, 0.15) is 58.4 Å². The van der Waals surface area contributed by atoms with Gasteiger partial charge in [0.15, 0.2) is 11.5 Å². The van der Waals surface area contributed by atoms with Gasteiger partial charge in [-0.25, -0.2) is 0 Å². The number of hydrogen-bond acceptors (Lipinski definition) is 3. The van der Waals surface area contributed by atoms with Gasteiger partial charge in [-0.15, -0.1) is 0 Å². The topological polar surface area (TPSA) is 27.7 Å². The molecule has 0 saturated carbocycles. The summed E-state index contributed by atoms with van der Waals surface area (Å²) < 4.78 is 17.8. The van der Waals surface area contributed by atoms with Gasteiger partial charge in [-0.1, -0.05) is 107 Å². The average molecular weight is 503 g/mol. The third-order valence-electron chi connectivity index (χ3n) is 6.90. The molecule has 0 aliphatic rings. The number of ether oxygens (including phenoxy) is 2. The van der Waals surface area contributed by atoms with E-state index in [1.165, 1.54) is 10.4 Å². The fourth-order valence-electron chi connectivity index (χ4n) is 4.98. The van der Waals surface area contributed by atoms with Crippen molar-refractivity contribution in [3.63, 3.8) is 0 Å². The quantitative estimate of drug-likeness (QED) is 0.182. The Balaban J connectivity index is 1.57. The Morgan fingerprint density at radius 3 is 1.81 bits per heavy atom. The molecule has 0 amide bonds. The van der Waals surface area contributed by atoms with Crippen LogP contribution in [-0.2, 0) is 4.43 Å². The number of benzene rings is 3. The van der Waals surface area contributed by atoms with Gasteiger partial charge in [-0.05, 0) is 57.9 Å². The van der Waals surface area contributed by atoms with Gasteiger partial charge < -0.3 is 13.9 Å². The van der Waals surface area contributed by atoms with E-state index in [0.29, 0.717) is 0 Å². The fourth-order valence-corrected chi connectivity index (χ4v) is 9.59. The van der Waals surface area contributed by atoms with Gasteiger partial charge in [0, 0.05) is 6.61 Å². The van der Waals surface area contributed by atoms with Crippen molar-refractivity contribution in [1.82, 2.24) is 0 Å². The summed E-state index contributed by atoms with van der Waals surface area (Å²) in [6.45, 7) is 12.1. The highest BCUT2D eigenvalue weighted by molar-refractivity contribution is 6.99. The minimum absolute atomic E-state index is 0.0207. The van der Waals surface area contributed by atoms with Crippen molar-refractivity contribution in [1.29, 1.82) is 0 Å². The summed E-state index contributed by atoms with van der Waals surface area (Å²) in [5, 5.41) is 2.71. The van der Waals surface area contributed by atoms with Crippen LogP contribution in [0.15, 0.2) is 85.4 Å². The molecule has 4 heteroatoms. The molecule has 36 heavy (non-hydrogen) atoms. The zero-order chi connectivity index (χ0) is 26.0. The Labute approximate surface area is 219 Å². The van der Waals surface area contributed by atoms with Gasteiger partial charge in [-0.3, -0.25) is 0 Å². The van der Waals surface area contributed by atoms with Crippen LogP contribution in [0.2, 0.25) is 5.04 Å². The van der Waals surface area contributed by atoms with Crippen molar-refractivity contribution in [2.45, 2.75) is 57.9 Å². The lowest BCUT2D eigenvalue weighted by Gasteiger charge is -2.43. The van der Waals surface area contributed by atoms with E-state index >= 15 is 0 Å². The van der Waals surface area contributed by atoms with E-state index < -0.39 is 8.32 Å². The summed E-state index contributed by atoms with van der Waals surface area (Å²) >= 11 is 0. The normalized spacial score (nSPS) is 11.8. The summed E-state index contributed by atoms with van der Waals surface area (Å²) in [5.74, 6) is 1.49. The van der Waals surface area contributed by atoms with E-state index in [0.717, 1.165) is 61.3 Å². The van der Waals surface area contributed by atoms with Crippen molar-refractivity contribution >= 4 is 24.3 Å². The van der Waals surface area contributed by atoms with Gasteiger partial charge in [0.05, 0.1) is 14.2 Å². The summed E-state index contributed by atoms with van der Waals surface area (Å²) in [6, 6.07) is 27.8. The zero-order valence-electron chi connectivity index (χ0n) is 22.7. The molecule has 0 fully saturated rings. The lowest BCUT2D eigenvalue weighted by atomic mass is 10.0. The van der Waals surface area contributed by atoms with Crippen molar-refractivity contribution in [2.24, 2.45) is 0 Å². The lowest BCUT2D eigenvalue weighted by Crippen LogP contribution is -2.66. The average Bonchev–Trinajstić information content (AvgIpc) is 2.90. The van der Waals surface area contributed by atoms with Crippen molar-refractivity contribution < 1.29 is 13.9 Å². The smallest absolute Gasteiger partial charge is 0.261 e. The highest BCUT2D eigenvalue weighted by Gasteiger charge is 2.49. The molecule has 192 valence electrons. The van der Waals surface area contributed by atoms with Crippen LogP contribution >= 0.6 is 0 Å². The van der Waals surface area contributed by atoms with E-state index in [1.807, 2.05) is 12.1 Å². The molecule has 3 rings (SSSR count). The van der Waals surface area contributed by atoms with E-state index in [1.54, 1.807) is 14.2 Å². The van der Waals surface area contributed by atoms with Gasteiger partial charge in [0.25, 0.3) is 8.32 Å². The molecule has 0 aromatic heterocycles. The van der Waals surface area contributed by atoms with Crippen LogP contribution in [-0.4, -0.2) is 29.1 Å². The monoisotopic (exact) mass is 502 g/mol. The molecule has 3 nitrogen and oxygen atoms in total. The Bertz CT molecular complexity index is 1050. The van der Waals surface area contributed by atoms with Gasteiger partial charge in [-0.2, -0.15) is 0 Å². The number of unbranched alkanes of at least 4 members (excludes halogenated alkanes) is 3. The van der Waals surface area contributed by atoms with Crippen LogP contribution in [0.4, 0.5) is 0 Å². The molecule has 0 N–H and O–H groups in total. The van der Waals surface area contributed by atoms with Gasteiger partial charge in [0.2, 0.25) is 0 Å². The van der Waals surface area contributed by atoms with Gasteiger partial charge in [0.1, 0.15) is 0 Å². The molecule has 0 aliphatic heterocycles. The highest BCUT2D eigenvalue weighted by Crippen LogP contribution is 2.37. The van der Waals surface area contributed by atoms with Crippen molar-refractivity contribution in [3.05, 3.63) is 91.0 Å². The first-order valence-corrected chi connectivity index (χ1v) is 14.9. The Kier molecular flexibility index (Phi) is 9.97. The molecular weight excluding hydrogens is 460 g/mol. The van der Waals surface area contributed by atoms with Crippen molar-refractivity contribution in [3.8, 4) is 11.5 Å². The minimum atomic E-state index is -2.43. The SMILES string of the molecule is C=C(CCCCCCO[Si](c1ccccc1)(c1ccccc1)C(C)(C)C)c1ccc(OC)c(OC)c1. The predicted octanol–water partition coefficient (Wildman–Crippen LogP) is 7.24. The summed E-state index contributed by atoms with van der Waals surface area (Å²) in [5.41, 5.74) is 2.25. The maximum Gasteiger partial charge on any atom is 0.261 e. The third kappa shape index (κ3) is 6.48. The molecule has 0 spiro atoms. The summed E-state index contributed by atoms with van der Waals surface area (Å²) in [7, 11) is 0.889. The first kappa shape index (κ1) is 27.8. The molecule has 0 radical (unpaired) electrons. The standard InChI is InChI=1S/C32H42O3Si/c1-26(27-22-23-30(33-5)31(25-27)34-6)17-11-7-8-16-24-35-36(32(2,3)4,28-18-12-9-13-19-28)29-20-14-10-15-21-29/h9-10,12-15,18-23,25H,1,7-8,11,16-17,24H2,2-6H3. The van der Waals surface area contributed by atoms with E-state index in [2.05, 4.69) is 94.1 Å². The minimum Gasteiger partial charge on any atom is -0.493 e. The molecule has 0 heterocycles. The summed E-state index contributed by atoms with van der Waals surface area (Å²) in [4.78, 5) is 0. The fraction of sp³-hybridized carbons (Fsp3) is 0.375. The molecule has 0 saturated heterocycles. The zero-order valence-corrected chi connectivity index (χ0v) is 23.7. The van der Waals surface area contributed by atoms with Crippen LogP contribution in [0.5, 0.6) is 11.5 Å². The van der Waals surface area contributed by atoms with Crippen molar-refractivity contribution in [2.75, 3.05) is 20.8 Å². The third-order valence-corrected chi connectivity index (χ3v) is 11.9. The van der Waals surface area contributed by atoms with Crippen LogP contribution < -0.4 is 19.8 Å². The molecule has 3 aromatic rings. The largest absolute Gasteiger partial charge is 0.493 e. The maximum atomic E-state index is 7.01. The number of methoxy groups -OCH3 is 2. The number of allylic oxidation sites excluding steroid dienone is 1. The Morgan fingerprint density at radius 2 is 1.28 bits per heavy atom. The maximum absolute atomic E-state index is 7.01. The Morgan fingerprint density at radius 1 is 0.722 bits per heavy atom. The van der Waals surface area contributed by atoms with Crippen LogP contribution in [0.3, 0.4) is 0 Å². The highest BCUT2D eigenvalue weighted by atomic mass is 28.4. The second-order valence-corrected chi connectivity index (χ2v) is 14.7. The van der Waals surface area contributed by atoms with Gasteiger partial charge >= 0.3 is 0 Å². The predicted molar refractivity (Wildman–Crippen MR) is 155 cm³/mol. The lowest BCUT2D eigenvalue weighted by molar-refractivity contribution is 0.286. The molecular formula is C32H42O3Si. The molecule has 0 aliphatic carbocycles. The molecule has 0 atom stereocenters. The van der Waals surface area contributed by atoms with E-state index in [4.69, 9.17) is 13.9 Å². The molecule has 3 aromatic carbocycles. The van der Waals surface area contributed by atoms with E-state index in [9.17, 15) is 0 Å². The molecule has 0 unspecified atom stereocenters. The second kappa shape index (κ2) is 12.9. The number of rotatable bonds is 13. The first-order valence-electron chi connectivity index (χ1n) is 13.0. The molecule has 0 bridgehead atoms. The Hall–Kier alpha value is -2.82. The number of hydrogen-bond donors (Lipinski definition) is 0. The van der Waals surface area contributed by atoms with Crippen LogP contribution in [0.25, 0.3) is 5.57 Å². The van der Waals surface area contributed by atoms with E-state index in [-0.39, 0.29) is 5.04 Å². The summed E-state index contributed by atoms with van der Waals surface area (Å²) in [6.07, 6.45) is 5.47. The second-order valence-electron chi connectivity index (χ2n) is 10.3. The first-order chi connectivity index (χ1) is 17.3. The van der Waals surface area contributed by atoms with Crippen LogP contribution in [0, 0.1) is 0 Å².